The van der Waals surface area contributed by atoms with E-state index < -0.39 is 139 Å². The normalized spacial score (nSPS) is 22.8. The lowest BCUT2D eigenvalue weighted by atomic mass is 10.0. The molecule has 2 aliphatic heterocycles. The van der Waals surface area contributed by atoms with E-state index in [1.54, 1.807) is 54.6 Å². The van der Waals surface area contributed by atoms with Crippen molar-refractivity contribution in [3.05, 3.63) is 65.7 Å². The maximum absolute atomic E-state index is 14.6. The Balaban J connectivity index is 1.72. The predicted octanol–water partition coefficient (Wildman–Crippen LogP) is -4.03. The van der Waals surface area contributed by atoms with Crippen molar-refractivity contribution < 1.29 is 57.5 Å². The van der Waals surface area contributed by atoms with E-state index in [-0.39, 0.29) is 43.7 Å². The van der Waals surface area contributed by atoms with E-state index >= 15 is 0 Å². The summed E-state index contributed by atoms with van der Waals surface area (Å²) in [6.07, 6.45) is -0.260. The quantitative estimate of drug-likeness (QED) is 0.0444. The van der Waals surface area contributed by atoms with Gasteiger partial charge >= 0.3 is 0 Å². The van der Waals surface area contributed by atoms with E-state index in [1.807, 2.05) is 0 Å². The molecule has 74 heavy (non-hydrogen) atoms. The number of hydrogen-bond donors (Lipinski definition) is 12. The predicted molar refractivity (Wildman–Crippen MR) is 273 cm³/mol. The van der Waals surface area contributed by atoms with Crippen molar-refractivity contribution in [1.82, 2.24) is 42.1 Å². The van der Waals surface area contributed by atoms with Crippen LogP contribution >= 0.6 is 21.6 Å². The molecule has 2 saturated heterocycles. The Hall–Kier alpha value is -6.97. The maximum atomic E-state index is 14.6. The van der Waals surface area contributed by atoms with Crippen LogP contribution in [0.15, 0.2) is 54.6 Å². The number of nitrogens with two attached hydrogens (primary N) is 5. The van der Waals surface area contributed by atoms with Crippen molar-refractivity contribution in [2.45, 2.75) is 113 Å². The highest BCUT2D eigenvalue weighted by Gasteiger charge is 2.40. The monoisotopic (exact) mass is 1070 g/mol. The van der Waals surface area contributed by atoms with Gasteiger partial charge in [0.15, 0.2) is 0 Å². The molecular formula is C47H67N13O12S2. The SMILES string of the molecule is COc1ccc(C[C@@H]2NC(=O)[C@H](N)CSSC[C@@H](C(=O)N3CCC[C@H]3C(=O)N[C@@H](CCCCN)C(=O)NCC(N)=O)NC(=O)[C@H](CC(N)=O)NC(=O)[C@H](CCC(N)=O)NC(=O)[C@H](Cc3ccccc3)NC2=O)cc1. The molecule has 8 atom stereocenters. The number of carbonyl (C=O) groups excluding carboxylic acids is 11. The molecule has 0 saturated carbocycles. The fourth-order valence-corrected chi connectivity index (χ4v) is 10.2. The summed E-state index contributed by atoms with van der Waals surface area (Å²) in [5.41, 5.74) is 29.4. The Labute approximate surface area is 435 Å². The van der Waals surface area contributed by atoms with E-state index in [9.17, 15) is 52.7 Å². The van der Waals surface area contributed by atoms with Crippen LogP contribution in [0.5, 0.6) is 5.75 Å². The zero-order valence-corrected chi connectivity index (χ0v) is 42.6. The largest absolute Gasteiger partial charge is 0.497 e. The lowest BCUT2D eigenvalue weighted by Gasteiger charge is -2.31. The lowest BCUT2D eigenvalue weighted by Crippen LogP contribution is -2.61. The van der Waals surface area contributed by atoms with Crippen LogP contribution in [0.4, 0.5) is 0 Å². The Morgan fingerprint density at radius 1 is 0.716 bits per heavy atom. The van der Waals surface area contributed by atoms with Crippen LogP contribution in [0.2, 0.25) is 0 Å². The molecule has 0 unspecified atom stereocenters. The van der Waals surface area contributed by atoms with E-state index in [2.05, 4.69) is 37.2 Å². The number of nitrogens with one attached hydrogen (secondary N) is 7. The second-order valence-electron chi connectivity index (χ2n) is 17.6. The Morgan fingerprint density at radius 3 is 1.91 bits per heavy atom. The third-order valence-electron chi connectivity index (χ3n) is 11.9. The minimum atomic E-state index is -1.77. The number of likely N-dealkylation sites (tertiary alicyclic amines) is 1. The Bertz CT molecular complexity index is 2320. The number of hydrogen-bond acceptors (Lipinski definition) is 16. The van der Waals surface area contributed by atoms with Crippen molar-refractivity contribution in [1.29, 1.82) is 0 Å². The fourth-order valence-electron chi connectivity index (χ4n) is 7.92. The highest BCUT2D eigenvalue weighted by Crippen LogP contribution is 2.26. The number of nitrogens with zero attached hydrogens (tertiary/aromatic N) is 1. The average Bonchev–Trinajstić information content (AvgIpc) is 3.87. The molecule has 0 bridgehead atoms. The summed E-state index contributed by atoms with van der Waals surface area (Å²) in [4.78, 5) is 149. The van der Waals surface area contributed by atoms with Gasteiger partial charge in [0.05, 0.1) is 26.1 Å². The third-order valence-corrected chi connectivity index (χ3v) is 14.3. The maximum Gasteiger partial charge on any atom is 0.246 e. The van der Waals surface area contributed by atoms with Gasteiger partial charge in [0.1, 0.15) is 48.0 Å². The fraction of sp³-hybridized carbons (Fsp3) is 0.511. The molecule has 404 valence electrons. The van der Waals surface area contributed by atoms with Gasteiger partial charge in [-0.15, -0.1) is 0 Å². The second-order valence-corrected chi connectivity index (χ2v) is 20.2. The van der Waals surface area contributed by atoms with Gasteiger partial charge in [-0.05, 0) is 68.3 Å². The van der Waals surface area contributed by atoms with Crippen LogP contribution in [0.3, 0.4) is 0 Å². The molecule has 2 aliphatic rings. The van der Waals surface area contributed by atoms with Crippen molar-refractivity contribution >= 4 is 86.6 Å². The van der Waals surface area contributed by atoms with Crippen LogP contribution in [0.25, 0.3) is 0 Å². The van der Waals surface area contributed by atoms with Crippen LogP contribution in [0, 0.1) is 0 Å². The first-order valence-corrected chi connectivity index (χ1v) is 26.4. The number of ether oxygens (including phenoxy) is 1. The van der Waals surface area contributed by atoms with Gasteiger partial charge in [-0.25, -0.2) is 0 Å². The molecule has 2 aromatic rings. The first kappa shape index (κ1) is 59.6. The van der Waals surface area contributed by atoms with Gasteiger partial charge in [-0.2, -0.15) is 0 Å². The molecule has 2 aromatic carbocycles. The minimum Gasteiger partial charge on any atom is -0.497 e. The molecule has 0 aromatic heterocycles. The number of unbranched alkanes of at least 4 members (excludes halogenated alkanes) is 1. The van der Waals surface area contributed by atoms with E-state index in [0.29, 0.717) is 42.7 Å². The van der Waals surface area contributed by atoms with Gasteiger partial charge in [0.25, 0.3) is 0 Å². The van der Waals surface area contributed by atoms with Crippen molar-refractivity contribution in [3.8, 4) is 5.75 Å². The summed E-state index contributed by atoms with van der Waals surface area (Å²) in [5, 5.41) is 18.0. The average molecular weight is 1070 g/mol. The second kappa shape index (κ2) is 30.3. The highest BCUT2D eigenvalue weighted by atomic mass is 33.1. The molecule has 0 spiro atoms. The summed E-state index contributed by atoms with van der Waals surface area (Å²) in [5.74, 6) is -9.26. The van der Waals surface area contributed by atoms with Gasteiger partial charge in [-0.3, -0.25) is 52.7 Å². The molecule has 11 amide bonds. The molecule has 2 heterocycles. The molecular weight excluding hydrogens is 1000 g/mol. The zero-order valence-electron chi connectivity index (χ0n) is 41.0. The number of carbonyl (C=O) groups is 11. The van der Waals surface area contributed by atoms with Crippen molar-refractivity contribution in [3.63, 3.8) is 0 Å². The van der Waals surface area contributed by atoms with Crippen LogP contribution < -0.4 is 70.6 Å². The van der Waals surface area contributed by atoms with E-state index in [4.69, 9.17) is 33.4 Å². The third kappa shape index (κ3) is 19.5. The molecule has 25 nitrogen and oxygen atoms in total. The van der Waals surface area contributed by atoms with Gasteiger partial charge in [0.2, 0.25) is 65.0 Å². The molecule has 27 heteroatoms. The summed E-state index contributed by atoms with van der Waals surface area (Å²) in [6.45, 7) is -0.134. The molecule has 17 N–H and O–H groups in total. The molecule has 0 aliphatic carbocycles. The Morgan fingerprint density at radius 2 is 1.30 bits per heavy atom. The number of primary amides is 3. The molecule has 0 radical (unpaired) electrons. The molecule has 4 rings (SSSR count). The number of rotatable bonds is 20. The summed E-state index contributed by atoms with van der Waals surface area (Å²) in [6, 6.07) is 4.14. The molecule has 2 fully saturated rings. The minimum absolute atomic E-state index is 0.0388. The number of benzene rings is 2. The topological polar surface area (TPSA) is 415 Å². The van der Waals surface area contributed by atoms with Gasteiger partial charge in [-0.1, -0.05) is 64.1 Å². The number of amides is 11. The van der Waals surface area contributed by atoms with Crippen LogP contribution in [-0.4, -0.2) is 156 Å². The van der Waals surface area contributed by atoms with E-state index in [1.165, 1.54) is 12.0 Å². The summed E-state index contributed by atoms with van der Waals surface area (Å²) in [7, 11) is 3.54. The standard InChI is InChI=1S/C47H67N13O12S2/c1-72-28-14-12-27(13-15-28)21-32-44(68)57-33(20-26-8-3-2-4-9-26)43(67)54-31(16-17-37(50)61)42(66)58-34(22-38(51)62)45(69)59-35(25-74-73-24-29(49)40(64)56-32)47(71)60-19-7-11-36(60)46(70)55-30(10-5-6-18-48)41(65)53-23-39(52)63/h2-4,8-9,12-15,29-36H,5-7,10-11,16-25,48-49H2,1H3,(H2,50,61)(H2,51,62)(H2,52,63)(H,53,65)(H,54,67)(H,55,70)(H,56,64)(H,57,68)(H,58,66)(H,59,69)/t29-,30+,31+,32+,33+,34+,35+,36+/m1/s1. The van der Waals surface area contributed by atoms with Gasteiger partial charge in [0, 0.05) is 37.3 Å². The van der Waals surface area contributed by atoms with Gasteiger partial charge < -0.3 is 75.5 Å². The Kier molecular flexibility index (Phi) is 24.4. The van der Waals surface area contributed by atoms with Crippen LogP contribution in [-0.2, 0) is 65.6 Å². The van der Waals surface area contributed by atoms with Crippen molar-refractivity contribution in [2.75, 3.05) is 38.2 Å². The van der Waals surface area contributed by atoms with E-state index in [0.717, 1.165) is 21.6 Å². The highest BCUT2D eigenvalue weighted by molar-refractivity contribution is 8.76. The zero-order chi connectivity index (χ0) is 54.3. The first-order valence-electron chi connectivity index (χ1n) is 23.9. The van der Waals surface area contributed by atoms with Crippen LogP contribution in [0.1, 0.15) is 62.5 Å². The lowest BCUT2D eigenvalue weighted by molar-refractivity contribution is -0.142. The first-order chi connectivity index (χ1) is 35.3. The smallest absolute Gasteiger partial charge is 0.246 e. The summed E-state index contributed by atoms with van der Waals surface area (Å²) < 4.78 is 5.27. The number of methoxy groups -OCH3 is 1. The summed E-state index contributed by atoms with van der Waals surface area (Å²) >= 11 is 0. The van der Waals surface area contributed by atoms with Crippen molar-refractivity contribution in [2.24, 2.45) is 28.7 Å².